The fourth-order valence-corrected chi connectivity index (χ4v) is 6.02. The van der Waals surface area contributed by atoms with E-state index in [1.807, 2.05) is 41.0 Å². The van der Waals surface area contributed by atoms with Crippen molar-refractivity contribution in [3.63, 3.8) is 0 Å². The third-order valence-corrected chi connectivity index (χ3v) is 7.92. The molecule has 0 amide bonds. The second kappa shape index (κ2) is 8.71. The Hall–Kier alpha value is -4.23. The van der Waals surface area contributed by atoms with Gasteiger partial charge in [-0.25, -0.2) is 14.5 Å². The molecule has 7 heteroatoms. The summed E-state index contributed by atoms with van der Waals surface area (Å²) in [6, 6.07) is 22.6. The summed E-state index contributed by atoms with van der Waals surface area (Å²) >= 11 is 0. The fraction of sp³-hybridized carbons (Fsp3) is 0.233. The minimum atomic E-state index is 0.209. The zero-order valence-electron chi connectivity index (χ0n) is 20.7. The number of pyridine rings is 1. The van der Waals surface area contributed by atoms with Crippen LogP contribution in [0.4, 0.5) is 5.69 Å². The monoisotopic (exact) mass is 488 g/mol. The lowest BCUT2D eigenvalue weighted by atomic mass is 10.0. The number of hydrogen-bond donors (Lipinski definition) is 1. The van der Waals surface area contributed by atoms with Gasteiger partial charge in [-0.1, -0.05) is 24.3 Å². The van der Waals surface area contributed by atoms with Crippen LogP contribution in [-0.2, 0) is 0 Å². The van der Waals surface area contributed by atoms with E-state index in [4.69, 9.17) is 10.1 Å². The Bertz CT molecular complexity index is 1580. The van der Waals surface area contributed by atoms with Crippen molar-refractivity contribution in [1.29, 1.82) is 0 Å². The molecule has 0 radical (unpaired) electrons. The molecule has 2 aliphatic rings. The number of fused-ring (bicyclic) bond motifs is 3. The lowest BCUT2D eigenvalue weighted by Gasteiger charge is -2.42. The quantitative estimate of drug-likeness (QED) is 0.352. The minimum absolute atomic E-state index is 0.209. The molecular formula is C30H28N6O. The van der Waals surface area contributed by atoms with Gasteiger partial charge in [0.2, 0.25) is 0 Å². The average Bonchev–Trinajstić information content (AvgIpc) is 3.53. The number of aromatic nitrogens is 4. The van der Waals surface area contributed by atoms with Crippen LogP contribution in [0, 0.1) is 5.92 Å². The number of phenolic OH excluding ortho intramolecular Hbond substituents is 1. The Kier molecular flexibility index (Phi) is 5.18. The maximum atomic E-state index is 10.2. The number of nitrogens with zero attached hydrogens (tertiary/aromatic N) is 6. The molecular weight excluding hydrogens is 460 g/mol. The van der Waals surface area contributed by atoms with Crippen LogP contribution < -0.4 is 5.01 Å². The summed E-state index contributed by atoms with van der Waals surface area (Å²) in [5, 5.41) is 20.1. The van der Waals surface area contributed by atoms with Crippen LogP contribution in [0.2, 0.25) is 0 Å². The summed E-state index contributed by atoms with van der Waals surface area (Å²) in [4.78, 5) is 8.91. The molecule has 1 saturated carbocycles. The zero-order valence-corrected chi connectivity index (χ0v) is 20.7. The van der Waals surface area contributed by atoms with E-state index in [1.54, 1.807) is 24.5 Å². The van der Waals surface area contributed by atoms with Crippen molar-refractivity contribution < 1.29 is 5.11 Å². The first-order chi connectivity index (χ1) is 18.2. The molecule has 2 fully saturated rings. The highest BCUT2D eigenvalue weighted by atomic mass is 16.3. The Morgan fingerprint density at radius 1 is 0.865 bits per heavy atom. The van der Waals surface area contributed by atoms with Crippen LogP contribution in [0.1, 0.15) is 19.3 Å². The van der Waals surface area contributed by atoms with Crippen molar-refractivity contribution in [2.24, 2.45) is 5.92 Å². The summed E-state index contributed by atoms with van der Waals surface area (Å²) in [5.41, 5.74) is 7.50. The van der Waals surface area contributed by atoms with Crippen LogP contribution in [0.25, 0.3) is 39.3 Å². The highest BCUT2D eigenvalue weighted by Gasteiger charge is 2.37. The lowest BCUT2D eigenvalue weighted by Crippen LogP contribution is -2.50. The van der Waals surface area contributed by atoms with E-state index < -0.39 is 0 Å². The molecule has 1 aliphatic carbocycles. The Balaban J connectivity index is 1.34. The topological polar surface area (TPSA) is 69.8 Å². The summed E-state index contributed by atoms with van der Waals surface area (Å²) in [7, 11) is 2.22. The maximum Gasteiger partial charge on any atom is 0.164 e. The molecule has 2 atom stereocenters. The molecule has 0 spiro atoms. The van der Waals surface area contributed by atoms with Gasteiger partial charge >= 0.3 is 0 Å². The molecule has 7 nitrogen and oxygen atoms in total. The second-order valence-electron chi connectivity index (χ2n) is 10.1. The van der Waals surface area contributed by atoms with Gasteiger partial charge in [-0.15, -0.1) is 0 Å². The van der Waals surface area contributed by atoms with Gasteiger partial charge in [0.05, 0.1) is 16.9 Å². The molecule has 7 rings (SSSR count). The maximum absolute atomic E-state index is 10.2. The standard InChI is InChI=1S/C30H28N6O/c1-34-25-8-5-20(17-25)19-35(34)24-9-6-21(7-10-24)27-13-16-32-30-28(23-3-2-4-26(37)18-23)29(33-36(27)30)22-11-14-31-15-12-22/h2-4,6-7,9-16,18,20,25,37H,5,8,17,19H2,1H3. The Morgan fingerprint density at radius 3 is 2.51 bits per heavy atom. The molecule has 4 heterocycles. The predicted octanol–water partition coefficient (Wildman–Crippen LogP) is 5.67. The zero-order chi connectivity index (χ0) is 24.9. The smallest absolute Gasteiger partial charge is 0.164 e. The second-order valence-corrected chi connectivity index (χ2v) is 10.1. The number of aromatic hydroxyl groups is 1. The Labute approximate surface area is 215 Å². The minimum Gasteiger partial charge on any atom is -0.508 e. The van der Waals surface area contributed by atoms with Crippen LogP contribution >= 0.6 is 0 Å². The normalized spacial score (nSPS) is 19.5. The molecule has 1 N–H and O–H groups in total. The summed E-state index contributed by atoms with van der Waals surface area (Å²) in [6.45, 7) is 1.09. The highest BCUT2D eigenvalue weighted by Crippen LogP contribution is 2.39. The number of anilines is 1. The van der Waals surface area contributed by atoms with Crippen LogP contribution in [0.15, 0.2) is 85.3 Å². The highest BCUT2D eigenvalue weighted by molar-refractivity contribution is 5.91. The van der Waals surface area contributed by atoms with Crippen LogP contribution in [-0.4, -0.2) is 49.3 Å². The van der Waals surface area contributed by atoms with Gasteiger partial charge in [-0.2, -0.15) is 5.10 Å². The first-order valence-electron chi connectivity index (χ1n) is 12.8. The van der Waals surface area contributed by atoms with Crippen molar-refractivity contribution in [3.8, 4) is 39.4 Å². The van der Waals surface area contributed by atoms with E-state index in [2.05, 4.69) is 46.3 Å². The van der Waals surface area contributed by atoms with Gasteiger partial charge in [-0.3, -0.25) is 4.98 Å². The van der Waals surface area contributed by atoms with Gasteiger partial charge in [0, 0.05) is 49.4 Å². The van der Waals surface area contributed by atoms with Gasteiger partial charge in [0.1, 0.15) is 11.4 Å². The molecule has 2 bridgehead atoms. The first-order valence-corrected chi connectivity index (χ1v) is 12.8. The van der Waals surface area contributed by atoms with E-state index in [9.17, 15) is 5.11 Å². The summed E-state index contributed by atoms with van der Waals surface area (Å²) in [6.07, 6.45) is 9.31. The largest absolute Gasteiger partial charge is 0.508 e. The van der Waals surface area contributed by atoms with Crippen LogP contribution in [0.3, 0.4) is 0 Å². The molecule has 2 unspecified atom stereocenters. The molecule has 1 aliphatic heterocycles. The van der Waals surface area contributed by atoms with Gasteiger partial charge in [-0.05, 0) is 73.2 Å². The van der Waals surface area contributed by atoms with Gasteiger partial charge < -0.3 is 10.1 Å². The van der Waals surface area contributed by atoms with Gasteiger partial charge in [0.15, 0.2) is 5.65 Å². The molecule has 3 aromatic heterocycles. The SMILES string of the molecule is CN1C2CCC(C2)CN1c1ccc(-c2ccnc3c(-c4cccc(O)c4)c(-c4ccncc4)nn23)cc1. The third-order valence-electron chi connectivity index (χ3n) is 7.92. The number of hydrogen-bond acceptors (Lipinski definition) is 6. The van der Waals surface area contributed by atoms with Crippen molar-refractivity contribution in [3.05, 3.63) is 85.3 Å². The number of benzene rings is 2. The molecule has 5 aromatic rings. The van der Waals surface area contributed by atoms with E-state index in [-0.39, 0.29) is 5.75 Å². The predicted molar refractivity (Wildman–Crippen MR) is 145 cm³/mol. The summed E-state index contributed by atoms with van der Waals surface area (Å²) < 4.78 is 1.91. The number of hydrazine groups is 1. The molecule has 184 valence electrons. The van der Waals surface area contributed by atoms with Crippen molar-refractivity contribution in [1.82, 2.24) is 24.6 Å². The molecule has 2 aromatic carbocycles. The fourth-order valence-electron chi connectivity index (χ4n) is 6.02. The molecule has 37 heavy (non-hydrogen) atoms. The van der Waals surface area contributed by atoms with Crippen LogP contribution in [0.5, 0.6) is 5.75 Å². The molecule has 1 saturated heterocycles. The van der Waals surface area contributed by atoms with E-state index >= 15 is 0 Å². The summed E-state index contributed by atoms with van der Waals surface area (Å²) in [5.74, 6) is 1.01. The van der Waals surface area contributed by atoms with Gasteiger partial charge in [0.25, 0.3) is 0 Å². The number of rotatable bonds is 4. The van der Waals surface area contributed by atoms with Crippen molar-refractivity contribution >= 4 is 11.3 Å². The van der Waals surface area contributed by atoms with E-state index in [1.165, 1.54) is 24.9 Å². The van der Waals surface area contributed by atoms with Crippen molar-refractivity contribution in [2.45, 2.75) is 25.3 Å². The van der Waals surface area contributed by atoms with Crippen molar-refractivity contribution in [2.75, 3.05) is 18.6 Å². The Morgan fingerprint density at radius 2 is 1.70 bits per heavy atom. The average molecular weight is 489 g/mol. The van der Waals surface area contributed by atoms with E-state index in [0.717, 1.165) is 51.8 Å². The van der Waals surface area contributed by atoms with E-state index in [0.29, 0.717) is 6.04 Å². The first kappa shape index (κ1) is 22.0. The number of phenols is 1. The third kappa shape index (κ3) is 3.74. The lowest BCUT2D eigenvalue weighted by molar-refractivity contribution is 0.181.